The molecule has 1 N–H and O–H groups in total. The van der Waals surface area contributed by atoms with Crippen molar-refractivity contribution < 1.29 is 9.59 Å². The second kappa shape index (κ2) is 4.05. The first-order chi connectivity index (χ1) is 8.55. The van der Waals surface area contributed by atoms with Crippen LogP contribution in [0.3, 0.4) is 0 Å². The lowest BCUT2D eigenvalue weighted by Gasteiger charge is -2.50. The van der Waals surface area contributed by atoms with Gasteiger partial charge < -0.3 is 4.90 Å². The van der Waals surface area contributed by atoms with Gasteiger partial charge in [-0.1, -0.05) is 6.92 Å². The molecule has 4 heteroatoms. The summed E-state index contributed by atoms with van der Waals surface area (Å²) in [6, 6.07) is 1.16. The van der Waals surface area contributed by atoms with Crippen LogP contribution in [0, 0.1) is 11.3 Å². The summed E-state index contributed by atoms with van der Waals surface area (Å²) in [5, 5.41) is 2.52. The number of nitrogens with one attached hydrogen (secondary N) is 1. The molecule has 2 amide bonds. The van der Waals surface area contributed by atoms with Crippen molar-refractivity contribution in [1.82, 2.24) is 10.2 Å². The molecular weight excluding hydrogens is 228 g/mol. The van der Waals surface area contributed by atoms with Gasteiger partial charge in [0.1, 0.15) is 0 Å². The summed E-state index contributed by atoms with van der Waals surface area (Å²) in [4.78, 5) is 26.3. The molecule has 3 aliphatic heterocycles. The maximum absolute atomic E-state index is 12.1. The Kier molecular flexibility index (Phi) is 2.73. The highest BCUT2D eigenvalue weighted by Crippen LogP contribution is 2.53. The van der Waals surface area contributed by atoms with Gasteiger partial charge in [-0.3, -0.25) is 14.9 Å². The summed E-state index contributed by atoms with van der Waals surface area (Å²) in [5.74, 6) is -0.0571. The van der Waals surface area contributed by atoms with Crippen LogP contribution in [0.5, 0.6) is 0 Å². The third-order valence-electron chi connectivity index (χ3n) is 5.51. The van der Waals surface area contributed by atoms with Gasteiger partial charge in [0, 0.05) is 24.4 Å². The van der Waals surface area contributed by atoms with E-state index in [0.29, 0.717) is 18.5 Å². The van der Waals surface area contributed by atoms with Gasteiger partial charge in [0.2, 0.25) is 11.8 Å². The summed E-state index contributed by atoms with van der Waals surface area (Å²) in [5.41, 5.74) is -0.0491. The van der Waals surface area contributed by atoms with E-state index in [0.717, 1.165) is 19.3 Å². The smallest absolute Gasteiger partial charge is 0.230 e. The molecular formula is C14H22N2O2. The Morgan fingerprint density at radius 1 is 1.28 bits per heavy atom. The predicted octanol–water partition coefficient (Wildman–Crippen LogP) is 1.30. The van der Waals surface area contributed by atoms with Gasteiger partial charge in [-0.2, -0.15) is 0 Å². The van der Waals surface area contributed by atoms with Crippen molar-refractivity contribution in [3.05, 3.63) is 0 Å². The molecule has 18 heavy (non-hydrogen) atoms. The molecule has 4 nitrogen and oxygen atoms in total. The van der Waals surface area contributed by atoms with E-state index in [2.05, 4.69) is 24.2 Å². The largest absolute Gasteiger partial charge is 0.300 e. The standard InChI is InChI=1S/C14H22N2O2/c1-3-11-13(18)15-12(17)8-14(11)6-9-4-5-10(7-14)16(9)2/h9-11H,3-8H2,1-2H3,(H,15,17,18). The molecule has 0 aliphatic carbocycles. The van der Waals surface area contributed by atoms with Gasteiger partial charge in [-0.05, 0) is 44.6 Å². The van der Waals surface area contributed by atoms with Crippen molar-refractivity contribution in [2.75, 3.05) is 7.05 Å². The lowest BCUT2D eigenvalue weighted by atomic mass is 9.61. The maximum atomic E-state index is 12.1. The number of nitrogens with zero attached hydrogens (tertiary/aromatic N) is 1. The minimum absolute atomic E-state index is 0.0299. The number of piperidine rings is 2. The third-order valence-corrected chi connectivity index (χ3v) is 5.51. The average molecular weight is 250 g/mol. The first-order valence-corrected chi connectivity index (χ1v) is 7.11. The number of fused-ring (bicyclic) bond motifs is 2. The van der Waals surface area contributed by atoms with Crippen LogP contribution in [0.2, 0.25) is 0 Å². The second-order valence-electron chi connectivity index (χ2n) is 6.37. The Morgan fingerprint density at radius 3 is 2.44 bits per heavy atom. The molecule has 3 unspecified atom stereocenters. The van der Waals surface area contributed by atoms with E-state index in [1.165, 1.54) is 12.8 Å². The fourth-order valence-electron chi connectivity index (χ4n) is 4.64. The Bertz CT molecular complexity index is 379. The molecule has 0 radical (unpaired) electrons. The van der Waals surface area contributed by atoms with Crippen LogP contribution in [-0.2, 0) is 9.59 Å². The SMILES string of the molecule is CCC1C(=O)NC(=O)CC12CC1CCC(C2)N1C. The molecule has 100 valence electrons. The fraction of sp³-hybridized carbons (Fsp3) is 0.857. The average Bonchev–Trinajstić information content (AvgIpc) is 2.53. The molecule has 3 saturated heterocycles. The zero-order chi connectivity index (χ0) is 12.9. The minimum atomic E-state index is -0.0614. The molecule has 3 heterocycles. The van der Waals surface area contributed by atoms with Crippen LogP contribution in [0.4, 0.5) is 0 Å². The molecule has 0 aromatic rings. The van der Waals surface area contributed by atoms with Crippen molar-refractivity contribution in [1.29, 1.82) is 0 Å². The van der Waals surface area contributed by atoms with Gasteiger partial charge in [-0.25, -0.2) is 0 Å². The number of carbonyl (C=O) groups is 2. The Hall–Kier alpha value is -0.900. The number of hydrogen-bond donors (Lipinski definition) is 1. The predicted molar refractivity (Wildman–Crippen MR) is 67.8 cm³/mol. The molecule has 3 atom stereocenters. The minimum Gasteiger partial charge on any atom is -0.300 e. The summed E-state index contributed by atoms with van der Waals surface area (Å²) >= 11 is 0. The third kappa shape index (κ3) is 1.62. The lowest BCUT2D eigenvalue weighted by Crippen LogP contribution is -2.57. The van der Waals surface area contributed by atoms with E-state index in [9.17, 15) is 9.59 Å². The lowest BCUT2D eigenvalue weighted by molar-refractivity contribution is -0.147. The van der Waals surface area contributed by atoms with Crippen molar-refractivity contribution in [2.24, 2.45) is 11.3 Å². The van der Waals surface area contributed by atoms with Crippen LogP contribution in [0.1, 0.15) is 45.4 Å². The highest BCUT2D eigenvalue weighted by molar-refractivity contribution is 5.99. The first kappa shape index (κ1) is 12.2. The number of amides is 2. The van der Waals surface area contributed by atoms with Crippen LogP contribution >= 0.6 is 0 Å². The normalized spacial score (nSPS) is 44.4. The second-order valence-corrected chi connectivity index (χ2v) is 6.37. The molecule has 1 spiro atoms. The number of carbonyl (C=O) groups excluding carboxylic acids is 2. The van der Waals surface area contributed by atoms with Crippen LogP contribution in [0.15, 0.2) is 0 Å². The Morgan fingerprint density at radius 2 is 1.89 bits per heavy atom. The van der Waals surface area contributed by atoms with Gasteiger partial charge in [0.25, 0.3) is 0 Å². The monoisotopic (exact) mass is 250 g/mol. The summed E-state index contributed by atoms with van der Waals surface area (Å²) in [7, 11) is 2.20. The van der Waals surface area contributed by atoms with E-state index in [1.807, 2.05) is 0 Å². The van der Waals surface area contributed by atoms with E-state index < -0.39 is 0 Å². The zero-order valence-electron chi connectivity index (χ0n) is 11.2. The van der Waals surface area contributed by atoms with Crippen molar-refractivity contribution in [3.8, 4) is 0 Å². The van der Waals surface area contributed by atoms with Gasteiger partial charge in [0.05, 0.1) is 0 Å². The van der Waals surface area contributed by atoms with Gasteiger partial charge in [0.15, 0.2) is 0 Å². The highest BCUT2D eigenvalue weighted by Gasteiger charge is 2.54. The molecule has 0 aromatic carbocycles. The molecule has 3 rings (SSSR count). The quantitative estimate of drug-likeness (QED) is 0.714. The number of hydrogen-bond acceptors (Lipinski definition) is 3. The molecule has 0 saturated carbocycles. The first-order valence-electron chi connectivity index (χ1n) is 7.11. The highest BCUT2D eigenvalue weighted by atomic mass is 16.2. The molecule has 2 bridgehead atoms. The fourth-order valence-corrected chi connectivity index (χ4v) is 4.64. The molecule has 3 fully saturated rings. The number of rotatable bonds is 1. The van der Waals surface area contributed by atoms with E-state index in [1.54, 1.807) is 0 Å². The van der Waals surface area contributed by atoms with E-state index >= 15 is 0 Å². The van der Waals surface area contributed by atoms with Crippen molar-refractivity contribution in [2.45, 2.75) is 57.5 Å². The molecule has 3 aliphatic rings. The summed E-state index contributed by atoms with van der Waals surface area (Å²) in [6.45, 7) is 2.07. The molecule has 0 aromatic heterocycles. The Labute approximate surface area is 108 Å². The van der Waals surface area contributed by atoms with Crippen molar-refractivity contribution in [3.63, 3.8) is 0 Å². The zero-order valence-corrected chi connectivity index (χ0v) is 11.2. The Balaban J connectivity index is 1.92. The number of imide groups is 1. The topological polar surface area (TPSA) is 49.4 Å². The van der Waals surface area contributed by atoms with Gasteiger partial charge >= 0.3 is 0 Å². The van der Waals surface area contributed by atoms with E-state index in [4.69, 9.17) is 0 Å². The van der Waals surface area contributed by atoms with Crippen LogP contribution in [-0.4, -0.2) is 35.8 Å². The van der Waals surface area contributed by atoms with Gasteiger partial charge in [-0.15, -0.1) is 0 Å². The van der Waals surface area contributed by atoms with Crippen molar-refractivity contribution >= 4 is 11.8 Å². The van der Waals surface area contributed by atoms with Crippen LogP contribution in [0.25, 0.3) is 0 Å². The maximum Gasteiger partial charge on any atom is 0.230 e. The van der Waals surface area contributed by atoms with E-state index in [-0.39, 0.29) is 23.1 Å². The van der Waals surface area contributed by atoms with Crippen LogP contribution < -0.4 is 5.32 Å². The summed E-state index contributed by atoms with van der Waals surface area (Å²) in [6.07, 6.45) is 5.92. The summed E-state index contributed by atoms with van der Waals surface area (Å²) < 4.78 is 0.